The van der Waals surface area contributed by atoms with Crippen molar-refractivity contribution >= 4 is 28.2 Å². The minimum absolute atomic E-state index is 0.0292. The molecule has 6 nitrogen and oxygen atoms in total. The molecule has 128 valence electrons. The number of piperidine rings is 1. The van der Waals surface area contributed by atoms with Gasteiger partial charge >= 0.3 is 0 Å². The minimum atomic E-state index is 0.0292. The highest BCUT2D eigenvalue weighted by Gasteiger charge is 2.28. The Balaban J connectivity index is 1.80. The molecule has 0 saturated carbocycles. The van der Waals surface area contributed by atoms with Gasteiger partial charge in [-0.25, -0.2) is 9.97 Å². The predicted octanol–water partition coefficient (Wildman–Crippen LogP) is 3.35. The van der Waals surface area contributed by atoms with Gasteiger partial charge in [0.1, 0.15) is 0 Å². The third kappa shape index (κ3) is 3.72. The summed E-state index contributed by atoms with van der Waals surface area (Å²) in [6, 6.07) is 0. The average Bonchev–Trinajstić information content (AvgIpc) is 2.99. The van der Waals surface area contributed by atoms with E-state index in [1.807, 2.05) is 31.1 Å². The van der Waals surface area contributed by atoms with E-state index in [0.717, 1.165) is 41.7 Å². The fourth-order valence-electron chi connectivity index (χ4n) is 3.02. The normalized spacial score (nSPS) is 18.0. The number of rotatable bonds is 4. The van der Waals surface area contributed by atoms with Crippen LogP contribution < -0.4 is 5.32 Å². The van der Waals surface area contributed by atoms with Crippen LogP contribution in [0.15, 0.2) is 17.8 Å². The van der Waals surface area contributed by atoms with E-state index in [1.165, 1.54) is 0 Å². The summed E-state index contributed by atoms with van der Waals surface area (Å²) in [6.45, 7) is 7.41. The molecular weight excluding hydrogens is 322 g/mol. The number of thiazole rings is 1. The van der Waals surface area contributed by atoms with Gasteiger partial charge in [-0.2, -0.15) is 0 Å². The first-order valence-electron chi connectivity index (χ1n) is 8.33. The maximum absolute atomic E-state index is 12.3. The lowest BCUT2D eigenvalue weighted by atomic mass is 9.93. The molecule has 0 aliphatic carbocycles. The molecule has 1 aliphatic heterocycles. The van der Waals surface area contributed by atoms with Crippen LogP contribution in [0, 0.1) is 12.8 Å². The molecule has 0 bridgehead atoms. The first-order valence-corrected chi connectivity index (χ1v) is 9.21. The molecule has 0 radical (unpaired) electrons. The molecule has 2 aromatic rings. The molecule has 0 spiro atoms. The fourth-order valence-corrected chi connectivity index (χ4v) is 3.71. The molecule has 2 aromatic heterocycles. The van der Waals surface area contributed by atoms with Crippen LogP contribution in [-0.4, -0.2) is 38.8 Å². The number of anilines is 2. The van der Waals surface area contributed by atoms with E-state index >= 15 is 0 Å². The average molecular weight is 345 g/mol. The van der Waals surface area contributed by atoms with Crippen molar-refractivity contribution in [2.24, 2.45) is 5.92 Å². The van der Waals surface area contributed by atoms with Crippen LogP contribution in [0.25, 0.3) is 0 Å². The highest BCUT2D eigenvalue weighted by atomic mass is 32.1. The largest absolute Gasteiger partial charge is 0.342 e. The summed E-state index contributed by atoms with van der Waals surface area (Å²) < 4.78 is 0. The van der Waals surface area contributed by atoms with E-state index in [-0.39, 0.29) is 17.7 Å². The lowest BCUT2D eigenvalue weighted by molar-refractivity contribution is -0.135. The van der Waals surface area contributed by atoms with Crippen molar-refractivity contribution in [2.45, 2.75) is 39.5 Å². The van der Waals surface area contributed by atoms with E-state index in [0.29, 0.717) is 6.54 Å². The Morgan fingerprint density at radius 1 is 1.38 bits per heavy atom. The molecule has 1 fully saturated rings. The Kier molecular flexibility index (Phi) is 5.08. The molecule has 3 rings (SSSR count). The molecule has 1 saturated heterocycles. The second kappa shape index (κ2) is 7.25. The van der Waals surface area contributed by atoms with Crippen LogP contribution in [-0.2, 0) is 4.79 Å². The summed E-state index contributed by atoms with van der Waals surface area (Å²) in [5.41, 5.74) is 1.91. The first-order chi connectivity index (χ1) is 11.5. The van der Waals surface area contributed by atoms with E-state index in [2.05, 4.69) is 20.3 Å². The van der Waals surface area contributed by atoms with E-state index < -0.39 is 0 Å². The SMILES string of the molecule is Cc1csc(Nc2nccnc2C2CCCN(C(=O)C(C)C)C2)n1. The third-order valence-corrected chi connectivity index (χ3v) is 5.06. The molecule has 1 amide bonds. The second-order valence-corrected chi connectivity index (χ2v) is 7.35. The van der Waals surface area contributed by atoms with Crippen molar-refractivity contribution < 1.29 is 4.79 Å². The summed E-state index contributed by atoms with van der Waals surface area (Å²) in [5.74, 6) is 1.20. The van der Waals surface area contributed by atoms with E-state index in [4.69, 9.17) is 0 Å². The number of carbonyl (C=O) groups is 1. The second-order valence-electron chi connectivity index (χ2n) is 6.49. The number of carbonyl (C=O) groups excluding carboxylic acids is 1. The lowest BCUT2D eigenvalue weighted by Crippen LogP contribution is -2.41. The molecule has 1 atom stereocenters. The number of aryl methyl sites for hydroxylation is 1. The van der Waals surface area contributed by atoms with Crippen molar-refractivity contribution in [1.29, 1.82) is 0 Å². The predicted molar refractivity (Wildman–Crippen MR) is 95.6 cm³/mol. The van der Waals surface area contributed by atoms with Gasteiger partial charge in [-0.3, -0.25) is 9.78 Å². The van der Waals surface area contributed by atoms with Gasteiger partial charge in [0.25, 0.3) is 0 Å². The van der Waals surface area contributed by atoms with Gasteiger partial charge in [0.2, 0.25) is 5.91 Å². The topological polar surface area (TPSA) is 71.0 Å². The highest BCUT2D eigenvalue weighted by molar-refractivity contribution is 7.13. The van der Waals surface area contributed by atoms with Crippen LogP contribution in [0.5, 0.6) is 0 Å². The van der Waals surface area contributed by atoms with Crippen LogP contribution in [0.2, 0.25) is 0 Å². The smallest absolute Gasteiger partial charge is 0.225 e. The zero-order chi connectivity index (χ0) is 17.1. The highest BCUT2D eigenvalue weighted by Crippen LogP contribution is 2.31. The van der Waals surface area contributed by atoms with Gasteiger partial charge in [0.05, 0.1) is 11.4 Å². The number of amides is 1. The monoisotopic (exact) mass is 345 g/mol. The van der Waals surface area contributed by atoms with Crippen molar-refractivity contribution in [1.82, 2.24) is 19.9 Å². The van der Waals surface area contributed by atoms with Gasteiger partial charge < -0.3 is 10.2 Å². The summed E-state index contributed by atoms with van der Waals surface area (Å²) in [6.07, 6.45) is 5.42. The lowest BCUT2D eigenvalue weighted by Gasteiger charge is -2.34. The molecule has 0 aromatic carbocycles. The van der Waals surface area contributed by atoms with Crippen LogP contribution >= 0.6 is 11.3 Å². The Morgan fingerprint density at radius 3 is 2.88 bits per heavy atom. The van der Waals surface area contributed by atoms with E-state index in [1.54, 1.807) is 23.7 Å². The summed E-state index contributed by atoms with van der Waals surface area (Å²) in [4.78, 5) is 27.7. The molecular formula is C17H23N5OS. The number of nitrogens with one attached hydrogen (secondary N) is 1. The van der Waals surface area contributed by atoms with Gasteiger partial charge in [0.15, 0.2) is 10.9 Å². The van der Waals surface area contributed by atoms with Crippen LogP contribution in [0.3, 0.4) is 0 Å². The standard InChI is InChI=1S/C17H23N5OS/c1-11(2)16(23)22-8-4-5-13(9-22)14-15(19-7-6-18-14)21-17-20-12(3)10-24-17/h6-7,10-11,13H,4-5,8-9H2,1-3H3,(H,19,20,21). The van der Waals surface area contributed by atoms with Gasteiger partial charge in [-0.1, -0.05) is 13.8 Å². The summed E-state index contributed by atoms with van der Waals surface area (Å²) >= 11 is 1.55. The molecule has 24 heavy (non-hydrogen) atoms. The van der Waals surface area contributed by atoms with Crippen molar-refractivity contribution in [3.63, 3.8) is 0 Å². The maximum Gasteiger partial charge on any atom is 0.225 e. The van der Waals surface area contributed by atoms with Crippen LogP contribution in [0.1, 0.15) is 44.0 Å². The third-order valence-electron chi connectivity index (χ3n) is 4.18. The maximum atomic E-state index is 12.3. The Bertz CT molecular complexity index is 715. The van der Waals surface area contributed by atoms with Crippen molar-refractivity contribution in [3.8, 4) is 0 Å². The summed E-state index contributed by atoms with van der Waals surface area (Å²) in [7, 11) is 0. The molecule has 7 heteroatoms. The fraction of sp³-hybridized carbons (Fsp3) is 0.529. The zero-order valence-corrected chi connectivity index (χ0v) is 15.1. The van der Waals surface area contributed by atoms with Gasteiger partial charge in [-0.05, 0) is 19.8 Å². The van der Waals surface area contributed by atoms with Gasteiger partial charge in [-0.15, -0.1) is 11.3 Å². The molecule has 1 unspecified atom stereocenters. The number of nitrogens with zero attached hydrogens (tertiary/aromatic N) is 4. The Labute approximate surface area is 146 Å². The number of likely N-dealkylation sites (tertiary alicyclic amines) is 1. The molecule has 1 N–H and O–H groups in total. The van der Waals surface area contributed by atoms with Gasteiger partial charge in [0, 0.05) is 42.7 Å². The number of hydrogen-bond acceptors (Lipinski definition) is 6. The molecule has 3 heterocycles. The number of aromatic nitrogens is 3. The Hall–Kier alpha value is -2.02. The summed E-state index contributed by atoms with van der Waals surface area (Å²) in [5, 5.41) is 6.11. The first kappa shape index (κ1) is 16.8. The van der Waals surface area contributed by atoms with Crippen molar-refractivity contribution in [3.05, 3.63) is 29.2 Å². The minimum Gasteiger partial charge on any atom is -0.342 e. The van der Waals surface area contributed by atoms with E-state index in [9.17, 15) is 4.79 Å². The Morgan fingerprint density at radius 2 is 2.17 bits per heavy atom. The van der Waals surface area contributed by atoms with Crippen molar-refractivity contribution in [2.75, 3.05) is 18.4 Å². The zero-order valence-electron chi connectivity index (χ0n) is 14.3. The van der Waals surface area contributed by atoms with Crippen LogP contribution in [0.4, 0.5) is 10.9 Å². The molecule has 1 aliphatic rings. The number of hydrogen-bond donors (Lipinski definition) is 1. The quantitative estimate of drug-likeness (QED) is 0.920.